The van der Waals surface area contributed by atoms with Gasteiger partial charge in [-0.2, -0.15) is 0 Å². The Morgan fingerprint density at radius 3 is 2.38 bits per heavy atom. The molecule has 1 aromatic carbocycles. The van der Waals surface area contributed by atoms with Gasteiger partial charge in [-0.15, -0.1) is 0 Å². The van der Waals surface area contributed by atoms with E-state index in [4.69, 9.17) is 9.15 Å². The van der Waals surface area contributed by atoms with Crippen molar-refractivity contribution in [2.24, 2.45) is 0 Å². The number of benzene rings is 1. The van der Waals surface area contributed by atoms with E-state index >= 15 is 0 Å². The minimum absolute atomic E-state index is 0.0890. The smallest absolute Gasteiger partial charge is 0.409 e. The van der Waals surface area contributed by atoms with Gasteiger partial charge in [-0.3, -0.25) is 4.79 Å². The standard InChI is InChI=1S/C20H24N2O4/c1-2-25-20(24)22-14-12-21(13-15-22)19(23)11-9-17-8-10-18(26-17)16-6-4-3-5-7-16/h3-8,10H,2,9,11-15H2,1H3. The molecule has 0 saturated carbocycles. The molecule has 0 spiro atoms. The lowest BCUT2D eigenvalue weighted by atomic mass is 10.2. The largest absolute Gasteiger partial charge is 0.461 e. The van der Waals surface area contributed by atoms with Gasteiger partial charge in [-0.1, -0.05) is 30.3 Å². The van der Waals surface area contributed by atoms with Crippen LogP contribution in [0.2, 0.25) is 0 Å². The van der Waals surface area contributed by atoms with Gasteiger partial charge in [0.05, 0.1) is 6.61 Å². The molecule has 1 aliphatic heterocycles. The zero-order chi connectivity index (χ0) is 18.4. The molecule has 1 aromatic heterocycles. The van der Waals surface area contributed by atoms with Crippen LogP contribution in [0.15, 0.2) is 46.9 Å². The molecule has 0 unspecified atom stereocenters. The number of hydrogen-bond donors (Lipinski definition) is 0. The number of aryl methyl sites for hydroxylation is 1. The fraction of sp³-hybridized carbons (Fsp3) is 0.400. The van der Waals surface area contributed by atoms with Gasteiger partial charge in [0.15, 0.2) is 0 Å². The number of amides is 2. The van der Waals surface area contributed by atoms with E-state index in [1.54, 1.807) is 16.7 Å². The van der Waals surface area contributed by atoms with E-state index in [1.165, 1.54) is 0 Å². The highest BCUT2D eigenvalue weighted by Crippen LogP contribution is 2.22. The first-order chi connectivity index (χ1) is 12.7. The summed E-state index contributed by atoms with van der Waals surface area (Å²) < 4.78 is 10.8. The Morgan fingerprint density at radius 1 is 1.00 bits per heavy atom. The van der Waals surface area contributed by atoms with Gasteiger partial charge in [0.1, 0.15) is 11.5 Å². The Labute approximate surface area is 153 Å². The summed E-state index contributed by atoms with van der Waals surface area (Å²) in [4.78, 5) is 27.5. The van der Waals surface area contributed by atoms with Gasteiger partial charge in [-0.05, 0) is 19.1 Å². The minimum Gasteiger partial charge on any atom is -0.461 e. The number of carbonyl (C=O) groups is 2. The number of furan rings is 1. The molecule has 6 nitrogen and oxygen atoms in total. The zero-order valence-electron chi connectivity index (χ0n) is 15.0. The first-order valence-corrected chi connectivity index (χ1v) is 9.01. The quantitative estimate of drug-likeness (QED) is 0.825. The molecule has 0 N–H and O–H groups in total. The number of piperazine rings is 1. The molecule has 6 heteroatoms. The Kier molecular flexibility index (Phi) is 5.94. The molecule has 0 bridgehead atoms. The van der Waals surface area contributed by atoms with Crippen LogP contribution in [0.5, 0.6) is 0 Å². The van der Waals surface area contributed by atoms with Crippen molar-refractivity contribution < 1.29 is 18.7 Å². The first kappa shape index (κ1) is 18.0. The minimum atomic E-state index is -0.302. The highest BCUT2D eigenvalue weighted by molar-refractivity contribution is 5.77. The summed E-state index contributed by atoms with van der Waals surface area (Å²) in [6.07, 6.45) is 0.675. The lowest BCUT2D eigenvalue weighted by molar-refractivity contribution is -0.132. The van der Waals surface area contributed by atoms with E-state index in [9.17, 15) is 9.59 Å². The summed E-state index contributed by atoms with van der Waals surface area (Å²) >= 11 is 0. The second kappa shape index (κ2) is 8.56. The third-order valence-corrected chi connectivity index (χ3v) is 4.46. The van der Waals surface area contributed by atoms with Gasteiger partial charge in [-0.25, -0.2) is 4.79 Å². The molecule has 0 aliphatic carbocycles. The molecule has 2 heterocycles. The molecular formula is C20H24N2O4. The van der Waals surface area contributed by atoms with Crippen LogP contribution in [-0.2, 0) is 16.0 Å². The van der Waals surface area contributed by atoms with Crippen molar-refractivity contribution in [3.8, 4) is 11.3 Å². The van der Waals surface area contributed by atoms with Crippen molar-refractivity contribution in [3.05, 3.63) is 48.2 Å². The zero-order valence-corrected chi connectivity index (χ0v) is 15.0. The SMILES string of the molecule is CCOC(=O)N1CCN(C(=O)CCc2ccc(-c3ccccc3)o2)CC1. The molecule has 138 valence electrons. The van der Waals surface area contributed by atoms with Crippen LogP contribution in [0.4, 0.5) is 4.79 Å². The van der Waals surface area contributed by atoms with Crippen LogP contribution in [-0.4, -0.2) is 54.6 Å². The Bertz CT molecular complexity index is 733. The van der Waals surface area contributed by atoms with Gasteiger partial charge in [0.2, 0.25) is 5.91 Å². The molecule has 1 saturated heterocycles. The lowest BCUT2D eigenvalue weighted by Crippen LogP contribution is -2.50. The van der Waals surface area contributed by atoms with Crippen molar-refractivity contribution in [2.45, 2.75) is 19.8 Å². The van der Waals surface area contributed by atoms with Gasteiger partial charge >= 0.3 is 6.09 Å². The van der Waals surface area contributed by atoms with Crippen LogP contribution in [0.1, 0.15) is 19.1 Å². The summed E-state index contributed by atoms with van der Waals surface area (Å²) in [6.45, 7) is 4.28. The molecule has 0 radical (unpaired) electrons. The molecule has 1 aliphatic rings. The Morgan fingerprint density at radius 2 is 1.69 bits per heavy atom. The summed E-state index contributed by atoms with van der Waals surface area (Å²) in [6, 6.07) is 13.8. The number of hydrogen-bond acceptors (Lipinski definition) is 4. The second-order valence-corrected chi connectivity index (χ2v) is 6.20. The summed E-state index contributed by atoms with van der Waals surface area (Å²) in [5.74, 6) is 1.71. The number of nitrogens with zero attached hydrogens (tertiary/aromatic N) is 2. The number of ether oxygens (including phenoxy) is 1. The van der Waals surface area contributed by atoms with Gasteiger partial charge < -0.3 is 19.0 Å². The maximum Gasteiger partial charge on any atom is 0.409 e. The van der Waals surface area contributed by atoms with Crippen LogP contribution in [0.25, 0.3) is 11.3 Å². The Balaban J connectivity index is 1.46. The van der Waals surface area contributed by atoms with Gasteiger partial charge in [0.25, 0.3) is 0 Å². The molecular weight excluding hydrogens is 332 g/mol. The van der Waals surface area contributed by atoms with E-state index in [1.807, 2.05) is 42.5 Å². The third kappa shape index (κ3) is 4.45. The average Bonchev–Trinajstić information content (AvgIpc) is 3.16. The summed E-state index contributed by atoms with van der Waals surface area (Å²) in [5.41, 5.74) is 1.03. The second-order valence-electron chi connectivity index (χ2n) is 6.20. The first-order valence-electron chi connectivity index (χ1n) is 9.01. The molecule has 3 rings (SSSR count). The van der Waals surface area contributed by atoms with Crippen molar-refractivity contribution in [2.75, 3.05) is 32.8 Å². The highest BCUT2D eigenvalue weighted by Gasteiger charge is 2.24. The normalized spacial score (nSPS) is 14.3. The highest BCUT2D eigenvalue weighted by atomic mass is 16.6. The van der Waals surface area contributed by atoms with Crippen molar-refractivity contribution in [1.29, 1.82) is 0 Å². The molecule has 2 aromatic rings. The lowest BCUT2D eigenvalue weighted by Gasteiger charge is -2.34. The van der Waals surface area contributed by atoms with Gasteiger partial charge in [0, 0.05) is 44.6 Å². The third-order valence-electron chi connectivity index (χ3n) is 4.46. The topological polar surface area (TPSA) is 63.0 Å². The molecule has 2 amide bonds. The Hall–Kier alpha value is -2.76. The maximum atomic E-state index is 12.4. The van der Waals surface area contributed by atoms with Crippen molar-refractivity contribution >= 4 is 12.0 Å². The predicted octanol–water partition coefficient (Wildman–Crippen LogP) is 3.18. The van der Waals surface area contributed by atoms with Crippen LogP contribution in [0.3, 0.4) is 0 Å². The molecule has 1 fully saturated rings. The predicted molar refractivity (Wildman–Crippen MR) is 97.6 cm³/mol. The van der Waals surface area contributed by atoms with Crippen LogP contribution < -0.4 is 0 Å². The van der Waals surface area contributed by atoms with E-state index in [0.717, 1.165) is 17.1 Å². The van der Waals surface area contributed by atoms with Crippen LogP contribution >= 0.6 is 0 Å². The van der Waals surface area contributed by atoms with E-state index in [-0.39, 0.29) is 12.0 Å². The average molecular weight is 356 g/mol. The van der Waals surface area contributed by atoms with Crippen molar-refractivity contribution in [1.82, 2.24) is 9.80 Å². The monoisotopic (exact) mass is 356 g/mol. The summed E-state index contributed by atoms with van der Waals surface area (Å²) in [7, 11) is 0. The fourth-order valence-corrected chi connectivity index (χ4v) is 3.01. The van der Waals surface area contributed by atoms with Crippen molar-refractivity contribution in [3.63, 3.8) is 0 Å². The fourth-order valence-electron chi connectivity index (χ4n) is 3.01. The number of carbonyl (C=O) groups excluding carboxylic acids is 2. The summed E-state index contributed by atoms with van der Waals surface area (Å²) in [5, 5.41) is 0. The van der Waals surface area contributed by atoms with E-state index in [2.05, 4.69) is 0 Å². The molecule has 0 atom stereocenters. The van der Waals surface area contributed by atoms with E-state index < -0.39 is 0 Å². The maximum absolute atomic E-state index is 12.4. The van der Waals surface area contributed by atoms with E-state index in [0.29, 0.717) is 45.6 Å². The number of rotatable bonds is 5. The van der Waals surface area contributed by atoms with Crippen LogP contribution in [0, 0.1) is 0 Å². The molecule has 26 heavy (non-hydrogen) atoms.